The number of hydrogen-bond donors (Lipinski definition) is 1. The summed E-state index contributed by atoms with van der Waals surface area (Å²) in [6.07, 6.45) is -2.01. The average Bonchev–Trinajstić information content (AvgIpc) is 2.04. The van der Waals surface area contributed by atoms with Crippen molar-refractivity contribution in [2.24, 2.45) is 0 Å². The lowest BCUT2D eigenvalue weighted by molar-refractivity contribution is -0.142. The summed E-state index contributed by atoms with van der Waals surface area (Å²) >= 11 is 5.64. The summed E-state index contributed by atoms with van der Waals surface area (Å²) in [4.78, 5) is 10.2. The second kappa shape index (κ2) is 4.23. The Morgan fingerprint density at radius 1 is 1.62 bits per heavy atom. The third kappa shape index (κ3) is 3.03. The van der Waals surface area contributed by atoms with Gasteiger partial charge in [0.05, 0.1) is 0 Å². The summed E-state index contributed by atoms with van der Waals surface area (Å²) in [5.74, 6) is -1.44. The highest BCUT2D eigenvalue weighted by Crippen LogP contribution is 2.13. The van der Waals surface area contributed by atoms with E-state index in [4.69, 9.17) is 16.7 Å². The fourth-order valence-electron chi connectivity index (χ4n) is 0.958. The van der Waals surface area contributed by atoms with Crippen LogP contribution in [0.15, 0.2) is 24.3 Å². The molecule has 0 radical (unpaired) electrons. The molecule has 1 aromatic rings. The number of alkyl halides is 1. The molecule has 0 aliphatic heterocycles. The molecule has 70 valence electrons. The quantitative estimate of drug-likeness (QED) is 0.817. The molecule has 0 aliphatic carbocycles. The Balaban J connectivity index is 2.69. The summed E-state index contributed by atoms with van der Waals surface area (Å²) in [7, 11) is 0. The van der Waals surface area contributed by atoms with Crippen LogP contribution in [0.4, 0.5) is 4.39 Å². The number of benzene rings is 1. The van der Waals surface area contributed by atoms with Gasteiger partial charge in [-0.2, -0.15) is 0 Å². The number of halogens is 2. The van der Waals surface area contributed by atoms with Crippen LogP contribution in [0.5, 0.6) is 0 Å². The van der Waals surface area contributed by atoms with Crippen molar-refractivity contribution in [1.82, 2.24) is 0 Å². The Kier molecular flexibility index (Phi) is 3.25. The lowest BCUT2D eigenvalue weighted by atomic mass is 10.1. The van der Waals surface area contributed by atoms with Gasteiger partial charge in [-0.1, -0.05) is 23.7 Å². The zero-order valence-electron chi connectivity index (χ0n) is 6.71. The molecule has 4 heteroatoms. The first-order chi connectivity index (χ1) is 6.09. The lowest BCUT2D eigenvalue weighted by Crippen LogP contribution is -2.16. The number of carboxylic acids is 1. The summed E-state index contributed by atoms with van der Waals surface area (Å²) in [5.41, 5.74) is 0.586. The Morgan fingerprint density at radius 3 is 2.85 bits per heavy atom. The number of carbonyl (C=O) groups is 1. The summed E-state index contributed by atoms with van der Waals surface area (Å²) in [5, 5.41) is 8.79. The molecular formula is C9H8ClFO2. The fraction of sp³-hybridized carbons (Fsp3) is 0.222. The van der Waals surface area contributed by atoms with Crippen LogP contribution in [0.2, 0.25) is 5.02 Å². The predicted octanol–water partition coefficient (Wildman–Crippen LogP) is 2.31. The van der Waals surface area contributed by atoms with Crippen LogP contribution < -0.4 is 0 Å². The van der Waals surface area contributed by atoms with Crippen LogP contribution in [0.1, 0.15) is 5.56 Å². The zero-order valence-corrected chi connectivity index (χ0v) is 7.46. The highest BCUT2D eigenvalue weighted by Gasteiger charge is 2.15. The van der Waals surface area contributed by atoms with Crippen molar-refractivity contribution in [3.8, 4) is 0 Å². The maximum absolute atomic E-state index is 12.7. The van der Waals surface area contributed by atoms with Crippen LogP contribution in [-0.4, -0.2) is 17.2 Å². The molecule has 1 N–H and O–H groups in total. The van der Waals surface area contributed by atoms with Crippen molar-refractivity contribution >= 4 is 17.6 Å². The Labute approximate surface area is 80.0 Å². The minimum atomic E-state index is -1.86. The number of aliphatic carboxylic acids is 1. The van der Waals surface area contributed by atoms with Crippen LogP contribution in [0.25, 0.3) is 0 Å². The smallest absolute Gasteiger partial charge is 0.338 e. The standard InChI is InChI=1S/C9H8ClFO2/c10-7-3-1-2-6(4-7)5-8(11)9(12)13/h1-4,8H,5H2,(H,12,13)/t8-/m1/s1. The number of hydrogen-bond acceptors (Lipinski definition) is 1. The first-order valence-corrected chi connectivity index (χ1v) is 4.08. The molecule has 0 spiro atoms. The Morgan fingerprint density at radius 2 is 2.31 bits per heavy atom. The molecule has 0 saturated heterocycles. The van der Waals surface area contributed by atoms with Gasteiger partial charge in [0.25, 0.3) is 0 Å². The van der Waals surface area contributed by atoms with E-state index in [0.29, 0.717) is 10.6 Å². The van der Waals surface area contributed by atoms with Crippen molar-refractivity contribution in [3.63, 3.8) is 0 Å². The molecule has 0 heterocycles. The van der Waals surface area contributed by atoms with E-state index in [0.717, 1.165) is 0 Å². The van der Waals surface area contributed by atoms with E-state index in [2.05, 4.69) is 0 Å². The Bertz CT molecular complexity index is 314. The van der Waals surface area contributed by atoms with E-state index in [1.165, 1.54) is 0 Å². The first-order valence-electron chi connectivity index (χ1n) is 3.71. The molecule has 0 amide bonds. The monoisotopic (exact) mass is 202 g/mol. The van der Waals surface area contributed by atoms with E-state index in [1.54, 1.807) is 24.3 Å². The van der Waals surface area contributed by atoms with Crippen molar-refractivity contribution in [3.05, 3.63) is 34.9 Å². The molecule has 0 aliphatic rings. The van der Waals surface area contributed by atoms with E-state index in [9.17, 15) is 9.18 Å². The van der Waals surface area contributed by atoms with Crippen molar-refractivity contribution in [1.29, 1.82) is 0 Å². The molecule has 0 unspecified atom stereocenters. The summed E-state index contributed by atoms with van der Waals surface area (Å²) in [6, 6.07) is 6.50. The van der Waals surface area contributed by atoms with E-state index in [1.807, 2.05) is 0 Å². The maximum Gasteiger partial charge on any atom is 0.338 e. The predicted molar refractivity (Wildman–Crippen MR) is 47.7 cm³/mol. The normalized spacial score (nSPS) is 12.5. The highest BCUT2D eigenvalue weighted by atomic mass is 35.5. The van der Waals surface area contributed by atoms with Crippen molar-refractivity contribution in [2.75, 3.05) is 0 Å². The van der Waals surface area contributed by atoms with Crippen LogP contribution in [0.3, 0.4) is 0 Å². The molecule has 0 fully saturated rings. The average molecular weight is 203 g/mol. The maximum atomic E-state index is 12.7. The molecule has 0 saturated carbocycles. The molecule has 13 heavy (non-hydrogen) atoms. The first kappa shape index (κ1) is 9.99. The van der Waals surface area contributed by atoms with E-state index < -0.39 is 12.1 Å². The van der Waals surface area contributed by atoms with E-state index in [-0.39, 0.29) is 6.42 Å². The minimum absolute atomic E-state index is 0.143. The summed E-state index contributed by atoms with van der Waals surface area (Å²) < 4.78 is 12.7. The molecular weight excluding hydrogens is 195 g/mol. The third-order valence-electron chi connectivity index (χ3n) is 1.57. The van der Waals surface area contributed by atoms with Gasteiger partial charge in [0, 0.05) is 11.4 Å². The minimum Gasteiger partial charge on any atom is -0.479 e. The third-order valence-corrected chi connectivity index (χ3v) is 1.81. The molecule has 1 rings (SSSR count). The number of carboxylic acid groups (broad SMARTS) is 1. The van der Waals surface area contributed by atoms with Gasteiger partial charge in [-0.3, -0.25) is 0 Å². The zero-order chi connectivity index (χ0) is 9.84. The SMILES string of the molecule is O=C(O)[C@H](F)Cc1cccc(Cl)c1. The molecule has 2 nitrogen and oxygen atoms in total. The van der Waals surface area contributed by atoms with Gasteiger partial charge in [0.2, 0.25) is 6.17 Å². The van der Waals surface area contributed by atoms with Gasteiger partial charge in [0.1, 0.15) is 0 Å². The number of rotatable bonds is 3. The molecule has 1 aromatic carbocycles. The van der Waals surface area contributed by atoms with Gasteiger partial charge >= 0.3 is 5.97 Å². The van der Waals surface area contributed by atoms with Gasteiger partial charge in [-0.05, 0) is 17.7 Å². The van der Waals surface area contributed by atoms with Crippen LogP contribution in [0, 0.1) is 0 Å². The molecule has 0 bridgehead atoms. The lowest BCUT2D eigenvalue weighted by Gasteiger charge is -2.02. The second-order valence-electron chi connectivity index (χ2n) is 2.64. The fourth-order valence-corrected chi connectivity index (χ4v) is 1.17. The topological polar surface area (TPSA) is 37.3 Å². The largest absolute Gasteiger partial charge is 0.479 e. The van der Waals surface area contributed by atoms with Crippen LogP contribution >= 0.6 is 11.6 Å². The van der Waals surface area contributed by atoms with Crippen LogP contribution in [-0.2, 0) is 11.2 Å². The molecule has 1 atom stereocenters. The van der Waals surface area contributed by atoms with Crippen molar-refractivity contribution in [2.45, 2.75) is 12.6 Å². The van der Waals surface area contributed by atoms with Gasteiger partial charge < -0.3 is 5.11 Å². The Hall–Kier alpha value is -1.09. The molecule has 0 aromatic heterocycles. The highest BCUT2D eigenvalue weighted by molar-refractivity contribution is 6.30. The van der Waals surface area contributed by atoms with E-state index >= 15 is 0 Å². The van der Waals surface area contributed by atoms with Crippen molar-refractivity contribution < 1.29 is 14.3 Å². The van der Waals surface area contributed by atoms with Gasteiger partial charge in [-0.25, -0.2) is 9.18 Å². The van der Waals surface area contributed by atoms with Gasteiger partial charge in [0.15, 0.2) is 0 Å². The summed E-state index contributed by atoms with van der Waals surface area (Å²) in [6.45, 7) is 0. The second-order valence-corrected chi connectivity index (χ2v) is 3.08. The van der Waals surface area contributed by atoms with Gasteiger partial charge in [-0.15, -0.1) is 0 Å².